The Kier molecular flexibility index (Phi) is 7.21. The number of aromatic nitrogens is 2. The molecule has 0 aliphatic heterocycles. The lowest BCUT2D eigenvalue weighted by Crippen LogP contribution is -2.01. The van der Waals surface area contributed by atoms with Crippen LogP contribution in [0.3, 0.4) is 0 Å². The molecule has 1 aliphatic rings. The highest BCUT2D eigenvalue weighted by Gasteiger charge is 2.17. The fourth-order valence-electron chi connectivity index (χ4n) is 7.27. The Morgan fingerprint density at radius 1 is 0.449 bits per heavy atom. The minimum atomic E-state index is 0.535. The highest BCUT2D eigenvalue weighted by molar-refractivity contribution is 6.25. The summed E-state index contributed by atoms with van der Waals surface area (Å²) in [6.45, 7) is 2.25. The van der Waals surface area contributed by atoms with E-state index in [1.54, 1.807) is 0 Å². The molecule has 7 aromatic carbocycles. The third kappa shape index (κ3) is 5.32. The van der Waals surface area contributed by atoms with E-state index in [1.807, 2.05) is 6.07 Å². The van der Waals surface area contributed by atoms with Gasteiger partial charge >= 0.3 is 0 Å². The highest BCUT2D eigenvalue weighted by Crippen LogP contribution is 2.39. The predicted molar refractivity (Wildman–Crippen MR) is 207 cm³/mol. The maximum absolute atomic E-state index is 5.20. The third-order valence-corrected chi connectivity index (χ3v) is 9.82. The summed E-state index contributed by atoms with van der Waals surface area (Å²) in [5, 5.41) is 7.71. The Labute approximate surface area is 286 Å². The van der Waals surface area contributed by atoms with Crippen molar-refractivity contribution in [2.45, 2.75) is 13.3 Å². The molecule has 2 nitrogen and oxygen atoms in total. The van der Waals surface area contributed by atoms with Gasteiger partial charge in [-0.2, -0.15) is 0 Å². The number of allylic oxidation sites excluding steroid dienone is 4. The minimum absolute atomic E-state index is 0.535. The van der Waals surface area contributed by atoms with Gasteiger partial charge in [0.05, 0.1) is 11.4 Å². The van der Waals surface area contributed by atoms with E-state index < -0.39 is 0 Å². The molecule has 49 heavy (non-hydrogen) atoms. The molecule has 0 saturated heterocycles. The second-order valence-corrected chi connectivity index (χ2v) is 13.0. The standard InChI is InChI=1S/C47H34N2/c1-31-22-24-33(25-23-31)46-30-45(32-12-3-2-4-13-32)48-47(49-46)43-21-10-5-16-37(43)36-15-11-14-34(28-36)35-26-27-42-40-19-7-6-17-38(40)39-18-8-9-20-41(39)44(42)29-35/h2-22,24-31H,23H2,1H3. The summed E-state index contributed by atoms with van der Waals surface area (Å²) in [6.07, 6.45) is 7.79. The van der Waals surface area contributed by atoms with Crippen LogP contribution in [0.2, 0.25) is 0 Å². The zero-order valence-corrected chi connectivity index (χ0v) is 27.3. The molecule has 0 amide bonds. The van der Waals surface area contributed by atoms with Crippen LogP contribution in [-0.2, 0) is 0 Å². The maximum atomic E-state index is 5.20. The van der Waals surface area contributed by atoms with Crippen LogP contribution in [0.5, 0.6) is 0 Å². The molecule has 8 aromatic rings. The van der Waals surface area contributed by atoms with Crippen molar-refractivity contribution in [3.8, 4) is 44.9 Å². The normalized spacial score (nSPS) is 14.4. The van der Waals surface area contributed by atoms with Crippen LogP contribution in [0.1, 0.15) is 19.0 Å². The largest absolute Gasteiger partial charge is 0.228 e. The smallest absolute Gasteiger partial charge is 0.161 e. The highest BCUT2D eigenvalue weighted by atomic mass is 14.9. The van der Waals surface area contributed by atoms with Crippen LogP contribution >= 0.6 is 0 Å². The summed E-state index contributed by atoms with van der Waals surface area (Å²) in [4.78, 5) is 10.4. The van der Waals surface area contributed by atoms with E-state index in [0.29, 0.717) is 5.92 Å². The topological polar surface area (TPSA) is 25.8 Å². The summed E-state index contributed by atoms with van der Waals surface area (Å²) >= 11 is 0. The Balaban J connectivity index is 1.18. The average molecular weight is 627 g/mol. The van der Waals surface area contributed by atoms with E-state index in [9.17, 15) is 0 Å². The van der Waals surface area contributed by atoms with Crippen molar-refractivity contribution >= 4 is 37.9 Å². The fourth-order valence-corrected chi connectivity index (χ4v) is 7.27. The van der Waals surface area contributed by atoms with Crippen LogP contribution < -0.4 is 0 Å². The van der Waals surface area contributed by atoms with Gasteiger partial charge < -0.3 is 0 Å². The minimum Gasteiger partial charge on any atom is -0.228 e. The van der Waals surface area contributed by atoms with Crippen molar-refractivity contribution in [3.05, 3.63) is 176 Å². The third-order valence-electron chi connectivity index (χ3n) is 9.82. The van der Waals surface area contributed by atoms with E-state index in [4.69, 9.17) is 9.97 Å². The molecule has 9 rings (SSSR count). The van der Waals surface area contributed by atoms with E-state index in [1.165, 1.54) is 43.4 Å². The first kappa shape index (κ1) is 29.1. The van der Waals surface area contributed by atoms with Crippen molar-refractivity contribution in [2.24, 2.45) is 5.92 Å². The average Bonchev–Trinajstić information content (AvgIpc) is 3.18. The van der Waals surface area contributed by atoms with Gasteiger partial charge in [0, 0.05) is 11.1 Å². The molecule has 0 radical (unpaired) electrons. The first-order valence-electron chi connectivity index (χ1n) is 17.1. The van der Waals surface area contributed by atoms with Crippen LogP contribution in [-0.4, -0.2) is 9.97 Å². The van der Waals surface area contributed by atoms with Crippen molar-refractivity contribution < 1.29 is 0 Å². The zero-order valence-electron chi connectivity index (χ0n) is 27.3. The number of fused-ring (bicyclic) bond motifs is 6. The first-order chi connectivity index (χ1) is 24.2. The van der Waals surface area contributed by atoms with E-state index in [2.05, 4.69) is 171 Å². The van der Waals surface area contributed by atoms with Gasteiger partial charge in [0.1, 0.15) is 0 Å². The molecule has 0 N–H and O–H groups in total. The molecule has 1 aliphatic carbocycles. The number of nitrogens with zero attached hydrogens (tertiary/aromatic N) is 2. The van der Waals surface area contributed by atoms with Crippen LogP contribution in [0.4, 0.5) is 0 Å². The van der Waals surface area contributed by atoms with Crippen LogP contribution in [0, 0.1) is 5.92 Å². The summed E-state index contributed by atoms with van der Waals surface area (Å²) in [7, 11) is 0. The molecule has 0 saturated carbocycles. The Bertz CT molecular complexity index is 2560. The van der Waals surface area contributed by atoms with E-state index >= 15 is 0 Å². The van der Waals surface area contributed by atoms with Crippen molar-refractivity contribution in [3.63, 3.8) is 0 Å². The SMILES string of the molecule is CC1C=CC(c2cc(-c3ccccc3)nc(-c3ccccc3-c3cccc(-c4ccc5c6ccccc6c6ccccc6c5c4)c3)n2)=CC1. The molecule has 1 aromatic heterocycles. The summed E-state index contributed by atoms with van der Waals surface area (Å²) in [6, 6.07) is 54.4. The maximum Gasteiger partial charge on any atom is 0.161 e. The molecule has 1 heterocycles. The van der Waals surface area contributed by atoms with Crippen molar-refractivity contribution in [1.29, 1.82) is 0 Å². The Morgan fingerprint density at radius 2 is 1.02 bits per heavy atom. The summed E-state index contributed by atoms with van der Waals surface area (Å²) < 4.78 is 0. The lowest BCUT2D eigenvalue weighted by molar-refractivity contribution is 0.738. The molecular formula is C47H34N2. The Morgan fingerprint density at radius 3 is 1.73 bits per heavy atom. The molecule has 1 unspecified atom stereocenters. The van der Waals surface area contributed by atoms with Gasteiger partial charge in [-0.25, -0.2) is 9.97 Å². The van der Waals surface area contributed by atoms with Crippen LogP contribution in [0.25, 0.3) is 82.8 Å². The quantitative estimate of drug-likeness (QED) is 0.178. The van der Waals surface area contributed by atoms with Gasteiger partial charge in [0.15, 0.2) is 5.82 Å². The summed E-state index contributed by atoms with van der Waals surface area (Å²) in [5.74, 6) is 1.27. The predicted octanol–water partition coefficient (Wildman–Crippen LogP) is 12.6. The van der Waals surface area contributed by atoms with E-state index in [0.717, 1.165) is 51.5 Å². The Hall–Kier alpha value is -6.12. The number of hydrogen-bond donors (Lipinski definition) is 0. The van der Waals surface area contributed by atoms with Gasteiger partial charge in [-0.05, 0) is 90.7 Å². The monoisotopic (exact) mass is 626 g/mol. The lowest BCUT2D eigenvalue weighted by atomic mass is 9.91. The molecule has 0 fully saturated rings. The molecular weight excluding hydrogens is 593 g/mol. The lowest BCUT2D eigenvalue weighted by Gasteiger charge is -2.16. The van der Waals surface area contributed by atoms with Crippen molar-refractivity contribution in [2.75, 3.05) is 0 Å². The molecule has 2 heteroatoms. The number of benzene rings is 7. The van der Waals surface area contributed by atoms with Crippen LogP contribution in [0.15, 0.2) is 170 Å². The molecule has 1 atom stereocenters. The molecule has 0 bridgehead atoms. The second-order valence-electron chi connectivity index (χ2n) is 13.0. The molecule has 0 spiro atoms. The van der Waals surface area contributed by atoms with Gasteiger partial charge in [-0.3, -0.25) is 0 Å². The van der Waals surface area contributed by atoms with Gasteiger partial charge in [0.2, 0.25) is 0 Å². The second kappa shape index (κ2) is 12.2. The van der Waals surface area contributed by atoms with Gasteiger partial charge in [-0.15, -0.1) is 0 Å². The molecule has 232 valence electrons. The van der Waals surface area contributed by atoms with E-state index in [-0.39, 0.29) is 0 Å². The number of hydrogen-bond acceptors (Lipinski definition) is 2. The fraction of sp³-hybridized carbons (Fsp3) is 0.0638. The zero-order chi connectivity index (χ0) is 32.7. The number of rotatable bonds is 5. The van der Waals surface area contributed by atoms with Gasteiger partial charge in [-0.1, -0.05) is 159 Å². The van der Waals surface area contributed by atoms with Gasteiger partial charge in [0.25, 0.3) is 0 Å². The van der Waals surface area contributed by atoms with Crippen molar-refractivity contribution in [1.82, 2.24) is 9.97 Å². The first-order valence-corrected chi connectivity index (χ1v) is 17.1. The summed E-state index contributed by atoms with van der Waals surface area (Å²) in [5.41, 5.74) is 9.74.